The Kier molecular flexibility index (Phi) is 11.3. The Morgan fingerprint density at radius 3 is 2.44 bits per heavy atom. The molecule has 26 heteroatoms. The first kappa shape index (κ1) is 44.6. The molecule has 2 N–H and O–H groups in total. The lowest BCUT2D eigenvalue weighted by atomic mass is 10.0. The molecule has 1 fully saturated rings. The van der Waals surface area contributed by atoms with Crippen molar-refractivity contribution < 1.29 is 62.2 Å². The highest BCUT2D eigenvalue weighted by atomic mass is 35.5. The Morgan fingerprint density at radius 2 is 1.77 bits per heavy atom. The van der Waals surface area contributed by atoms with Gasteiger partial charge in [0.2, 0.25) is 21.8 Å². The lowest BCUT2D eigenvalue weighted by Crippen LogP contribution is -2.38. The SMILES string of the molecule is Cn1nc(NS(C)(=O)=O)c2c(Cl)ccc(-n3c([C@H](Cc4cc(F)cc(F)c4)NC(=O)Cn4nc(C(F)F)c5c4C(F)(F)[C@@H]4C[C@H]54)nc4nc(OCCOCC(F)(F)F)ccc4c3=O)c21. The van der Waals surface area contributed by atoms with Crippen LogP contribution in [0.25, 0.3) is 27.6 Å². The third-order valence-corrected chi connectivity index (χ3v) is 11.3. The number of aryl methyl sites for hydroxylation is 1. The zero-order chi connectivity index (χ0) is 46.2. The van der Waals surface area contributed by atoms with Gasteiger partial charge in [-0.05, 0) is 48.2 Å². The molecule has 1 amide bonds. The van der Waals surface area contributed by atoms with Gasteiger partial charge in [0.1, 0.15) is 48.6 Å². The number of aromatic nitrogens is 7. The fourth-order valence-electron chi connectivity index (χ4n) is 7.92. The average Bonchev–Trinajstić information content (AvgIpc) is 3.72. The molecule has 0 radical (unpaired) electrons. The van der Waals surface area contributed by atoms with E-state index in [1.807, 2.05) is 0 Å². The predicted octanol–water partition coefficient (Wildman–Crippen LogP) is 6.37. The second kappa shape index (κ2) is 16.2. The fraction of sp³-hybridized carbons (Fsp3) is 0.368. The third kappa shape index (κ3) is 8.66. The second-order valence-electron chi connectivity index (χ2n) is 15.1. The molecule has 0 saturated heterocycles. The van der Waals surface area contributed by atoms with Crippen LogP contribution in [0.5, 0.6) is 5.88 Å². The van der Waals surface area contributed by atoms with E-state index in [1.54, 1.807) is 0 Å². The van der Waals surface area contributed by atoms with Gasteiger partial charge in [-0.25, -0.2) is 31.0 Å². The lowest BCUT2D eigenvalue weighted by molar-refractivity contribution is -0.175. The molecule has 4 heterocycles. The van der Waals surface area contributed by atoms with Crippen LogP contribution >= 0.6 is 11.6 Å². The molecule has 0 unspecified atom stereocenters. The summed E-state index contributed by atoms with van der Waals surface area (Å²) in [6.07, 6.45) is -7.67. The van der Waals surface area contributed by atoms with Crippen LogP contribution in [0.1, 0.15) is 53.1 Å². The number of amides is 1. The van der Waals surface area contributed by atoms with Crippen molar-refractivity contribution in [1.29, 1.82) is 0 Å². The van der Waals surface area contributed by atoms with Gasteiger partial charge in [0.25, 0.3) is 17.9 Å². The van der Waals surface area contributed by atoms with E-state index >= 15 is 8.78 Å². The van der Waals surface area contributed by atoms with Gasteiger partial charge in [-0.3, -0.25) is 28.2 Å². The zero-order valence-electron chi connectivity index (χ0n) is 32.9. The van der Waals surface area contributed by atoms with Crippen LogP contribution in [0.3, 0.4) is 0 Å². The van der Waals surface area contributed by atoms with Gasteiger partial charge in [-0.15, -0.1) is 0 Å². The number of ether oxygens (including phenoxy) is 2. The Balaban J connectivity index is 1.29. The highest BCUT2D eigenvalue weighted by Crippen LogP contribution is 2.68. The van der Waals surface area contributed by atoms with Crippen LogP contribution in [0.4, 0.5) is 45.3 Å². The van der Waals surface area contributed by atoms with E-state index in [1.165, 1.54) is 36.0 Å². The highest BCUT2D eigenvalue weighted by molar-refractivity contribution is 7.92. The quantitative estimate of drug-likeness (QED) is 0.0869. The topological polar surface area (TPSA) is 177 Å². The van der Waals surface area contributed by atoms with Crippen molar-refractivity contribution in [3.05, 3.63) is 97.8 Å². The molecule has 3 atom stereocenters. The maximum absolute atomic E-state index is 15.5. The van der Waals surface area contributed by atoms with Crippen LogP contribution in [-0.4, -0.2) is 80.7 Å². The number of carbonyl (C=O) groups excluding carboxylic acids is 1. The molecule has 2 aliphatic rings. The molecule has 64 heavy (non-hydrogen) atoms. The number of halogens is 10. The van der Waals surface area contributed by atoms with Crippen molar-refractivity contribution in [2.75, 3.05) is 30.8 Å². The molecular weight excluding hydrogens is 917 g/mol. The normalized spacial score (nSPS) is 17.2. The first-order valence-electron chi connectivity index (χ1n) is 18.9. The van der Waals surface area contributed by atoms with Gasteiger partial charge >= 0.3 is 6.18 Å². The van der Waals surface area contributed by atoms with E-state index in [0.717, 1.165) is 23.0 Å². The number of benzene rings is 2. The van der Waals surface area contributed by atoms with Gasteiger partial charge in [0.05, 0.1) is 45.9 Å². The number of fused-ring (bicyclic) bond motifs is 5. The van der Waals surface area contributed by atoms with E-state index in [2.05, 4.69) is 34.9 Å². The van der Waals surface area contributed by atoms with Crippen molar-refractivity contribution in [2.45, 2.75) is 49.9 Å². The van der Waals surface area contributed by atoms with E-state index in [9.17, 15) is 48.7 Å². The number of alkyl halides is 7. The standard InChI is InChI=1S/C38H31ClF9N9O6S/c1-55-30-24(5-4-22(39)28(30)34(53-55)54-64(2,60)61)57-35(51-33-19(36(57)59)3-6-26(50-33)63-8-7-62-15-37(44,45)46)23(11-16-9-17(40)12-18(41)10-16)49-25(58)14-56-31-27(29(52-56)32(42)43)20-13-21(20)38(31,47)48/h3-6,9-10,12,20-21,23,32H,7-8,11,13-15H2,1-2H3,(H,49,58)(H,53,54)/t20-,21+,23-/m0/s1. The Labute approximate surface area is 359 Å². The number of anilines is 1. The van der Waals surface area contributed by atoms with Crippen molar-refractivity contribution in [3.63, 3.8) is 0 Å². The summed E-state index contributed by atoms with van der Waals surface area (Å²) in [5.74, 6) is -10.0. The first-order valence-corrected chi connectivity index (χ1v) is 21.1. The summed E-state index contributed by atoms with van der Waals surface area (Å²) >= 11 is 6.56. The van der Waals surface area contributed by atoms with E-state index in [0.29, 0.717) is 10.7 Å². The van der Waals surface area contributed by atoms with Crippen molar-refractivity contribution in [1.82, 2.24) is 39.4 Å². The number of hydrogen-bond acceptors (Lipinski definition) is 10. The summed E-state index contributed by atoms with van der Waals surface area (Å²) < 4.78 is 166. The number of hydrogen-bond donors (Lipinski definition) is 2. The molecule has 340 valence electrons. The summed E-state index contributed by atoms with van der Waals surface area (Å²) in [5.41, 5.74) is -3.69. The van der Waals surface area contributed by atoms with Crippen molar-refractivity contribution in [2.24, 2.45) is 13.0 Å². The van der Waals surface area contributed by atoms with E-state index < -0.39 is 125 Å². The minimum atomic E-state index is -4.61. The van der Waals surface area contributed by atoms with Gasteiger partial charge in [-0.1, -0.05) is 11.6 Å². The molecule has 1 saturated carbocycles. The summed E-state index contributed by atoms with van der Waals surface area (Å²) in [5, 5.41) is 10.1. The molecular formula is C38H31ClF9N9O6S. The maximum atomic E-state index is 15.5. The third-order valence-electron chi connectivity index (χ3n) is 10.4. The average molecular weight is 948 g/mol. The van der Waals surface area contributed by atoms with Gasteiger partial charge in [0, 0.05) is 37.1 Å². The van der Waals surface area contributed by atoms with Crippen molar-refractivity contribution >= 4 is 55.3 Å². The second-order valence-corrected chi connectivity index (χ2v) is 17.2. The Hall–Kier alpha value is -5.95. The number of carbonyl (C=O) groups is 1. The van der Waals surface area contributed by atoms with Crippen LogP contribution in [0.2, 0.25) is 5.02 Å². The Bertz CT molecular complexity index is 3010. The number of nitrogens with zero attached hydrogens (tertiary/aromatic N) is 7. The molecule has 0 bridgehead atoms. The molecule has 6 aromatic rings. The smallest absolute Gasteiger partial charge is 0.411 e. The summed E-state index contributed by atoms with van der Waals surface area (Å²) in [6.45, 7) is -3.61. The molecule has 0 aliphatic heterocycles. The highest BCUT2D eigenvalue weighted by Gasteiger charge is 2.67. The van der Waals surface area contributed by atoms with Gasteiger partial charge < -0.3 is 14.8 Å². The van der Waals surface area contributed by atoms with Gasteiger partial charge in [-0.2, -0.15) is 37.1 Å². The largest absolute Gasteiger partial charge is 0.475 e. The van der Waals surface area contributed by atoms with Crippen LogP contribution in [-0.2, 0) is 45.5 Å². The number of rotatable bonds is 15. The molecule has 2 aliphatic carbocycles. The number of pyridine rings is 1. The summed E-state index contributed by atoms with van der Waals surface area (Å²) in [6, 6.07) is 5.66. The van der Waals surface area contributed by atoms with Crippen LogP contribution in [0.15, 0.2) is 47.3 Å². The van der Waals surface area contributed by atoms with Crippen molar-refractivity contribution in [3.8, 4) is 11.6 Å². The maximum Gasteiger partial charge on any atom is 0.411 e. The Morgan fingerprint density at radius 1 is 1.05 bits per heavy atom. The molecule has 0 spiro atoms. The first-order chi connectivity index (χ1) is 30.0. The molecule has 8 rings (SSSR count). The van der Waals surface area contributed by atoms with E-state index in [-0.39, 0.29) is 56.2 Å². The molecule has 15 nitrogen and oxygen atoms in total. The zero-order valence-corrected chi connectivity index (χ0v) is 34.4. The number of nitrogens with one attached hydrogen (secondary N) is 2. The lowest BCUT2D eigenvalue weighted by Gasteiger charge is -2.24. The fourth-order valence-corrected chi connectivity index (χ4v) is 8.65. The molecule has 2 aromatic carbocycles. The van der Waals surface area contributed by atoms with Crippen LogP contribution in [0, 0.1) is 17.6 Å². The van der Waals surface area contributed by atoms with E-state index in [4.69, 9.17) is 16.3 Å². The van der Waals surface area contributed by atoms with Crippen LogP contribution < -0.4 is 20.3 Å². The summed E-state index contributed by atoms with van der Waals surface area (Å²) in [7, 11) is -2.59. The minimum absolute atomic E-state index is 0.00391. The predicted molar refractivity (Wildman–Crippen MR) is 208 cm³/mol. The monoisotopic (exact) mass is 947 g/mol. The number of sulfonamides is 1. The minimum Gasteiger partial charge on any atom is -0.475 e. The van der Waals surface area contributed by atoms with Gasteiger partial charge in [0.15, 0.2) is 11.5 Å². The summed E-state index contributed by atoms with van der Waals surface area (Å²) in [4.78, 5) is 37.7. The molecule has 4 aromatic heterocycles.